The lowest BCUT2D eigenvalue weighted by atomic mass is 9.78. The molecular formula is C19H27FN4O2. The highest BCUT2D eigenvalue weighted by molar-refractivity contribution is 5.86. The summed E-state index contributed by atoms with van der Waals surface area (Å²) in [6.07, 6.45) is 9.63. The van der Waals surface area contributed by atoms with E-state index in [2.05, 4.69) is 14.9 Å². The number of aromatic nitrogens is 2. The Morgan fingerprint density at radius 1 is 1.15 bits per heavy atom. The predicted octanol–water partition coefficient (Wildman–Crippen LogP) is 2.39. The Kier molecular flexibility index (Phi) is 4.82. The number of carbonyl (C=O) groups is 1. The number of halogens is 1. The highest BCUT2D eigenvalue weighted by Crippen LogP contribution is 2.43. The van der Waals surface area contributed by atoms with Crippen molar-refractivity contribution in [3.8, 4) is 0 Å². The average Bonchev–Trinajstić information content (AvgIpc) is 2.98. The lowest BCUT2D eigenvalue weighted by molar-refractivity contribution is -0.139. The van der Waals surface area contributed by atoms with E-state index < -0.39 is 5.82 Å². The Morgan fingerprint density at radius 2 is 1.88 bits per heavy atom. The van der Waals surface area contributed by atoms with Crippen molar-refractivity contribution in [2.24, 2.45) is 5.41 Å². The van der Waals surface area contributed by atoms with Gasteiger partial charge < -0.3 is 14.5 Å². The van der Waals surface area contributed by atoms with Crippen molar-refractivity contribution >= 4 is 11.9 Å². The third-order valence-corrected chi connectivity index (χ3v) is 6.43. The van der Waals surface area contributed by atoms with E-state index in [-0.39, 0.29) is 5.41 Å². The molecule has 1 aliphatic carbocycles. The monoisotopic (exact) mass is 362 g/mol. The molecule has 4 rings (SSSR count). The summed E-state index contributed by atoms with van der Waals surface area (Å²) in [5, 5.41) is 0. The molecule has 0 bridgehead atoms. The number of piperidine rings is 1. The molecule has 6 nitrogen and oxygen atoms in total. The summed E-state index contributed by atoms with van der Waals surface area (Å²) in [6.45, 7) is 2.31. The molecule has 2 aliphatic heterocycles. The number of anilines is 1. The van der Waals surface area contributed by atoms with Gasteiger partial charge in [0.25, 0.3) is 0 Å². The molecule has 3 heterocycles. The number of amides is 1. The number of hydrogen-bond acceptors (Lipinski definition) is 5. The van der Waals surface area contributed by atoms with Crippen molar-refractivity contribution in [3.05, 3.63) is 18.2 Å². The van der Waals surface area contributed by atoms with Crippen LogP contribution in [0.25, 0.3) is 0 Å². The van der Waals surface area contributed by atoms with Crippen LogP contribution in [0.5, 0.6) is 0 Å². The molecule has 142 valence electrons. The minimum atomic E-state index is -0.435. The van der Waals surface area contributed by atoms with E-state index in [1.54, 1.807) is 7.11 Å². The van der Waals surface area contributed by atoms with Crippen molar-refractivity contribution < 1.29 is 13.9 Å². The maximum Gasteiger partial charge on any atom is 0.230 e. The second kappa shape index (κ2) is 7.10. The second-order valence-corrected chi connectivity index (χ2v) is 7.92. The summed E-state index contributed by atoms with van der Waals surface area (Å²) in [5.41, 5.74) is -0.325. The quantitative estimate of drug-likeness (QED) is 0.826. The van der Waals surface area contributed by atoms with Gasteiger partial charge in [0.15, 0.2) is 5.82 Å². The number of methoxy groups -OCH3 is 1. The van der Waals surface area contributed by atoms with E-state index >= 15 is 0 Å². The Balaban J connectivity index is 1.45. The van der Waals surface area contributed by atoms with Crippen molar-refractivity contribution in [1.82, 2.24) is 14.9 Å². The van der Waals surface area contributed by atoms with Crippen LogP contribution in [-0.2, 0) is 9.53 Å². The van der Waals surface area contributed by atoms with Gasteiger partial charge in [-0.3, -0.25) is 4.79 Å². The van der Waals surface area contributed by atoms with Crippen molar-refractivity contribution in [2.75, 3.05) is 31.6 Å². The van der Waals surface area contributed by atoms with Crippen LogP contribution in [0.15, 0.2) is 12.4 Å². The summed E-state index contributed by atoms with van der Waals surface area (Å²) in [6, 6.07) is 0.353. The lowest BCUT2D eigenvalue weighted by Crippen LogP contribution is -2.50. The smallest absolute Gasteiger partial charge is 0.230 e. The van der Waals surface area contributed by atoms with E-state index in [0.29, 0.717) is 30.5 Å². The van der Waals surface area contributed by atoms with Gasteiger partial charge >= 0.3 is 0 Å². The van der Waals surface area contributed by atoms with Crippen LogP contribution in [0.2, 0.25) is 0 Å². The van der Waals surface area contributed by atoms with Crippen LogP contribution in [0.3, 0.4) is 0 Å². The number of carbonyl (C=O) groups excluding carboxylic acids is 1. The molecule has 7 heteroatoms. The first-order chi connectivity index (χ1) is 12.6. The normalized spacial score (nSPS) is 32.5. The second-order valence-electron chi connectivity index (χ2n) is 7.92. The first-order valence-corrected chi connectivity index (χ1v) is 9.68. The molecule has 1 amide bonds. The molecular weight excluding hydrogens is 335 g/mol. The molecule has 1 atom stereocenters. The van der Waals surface area contributed by atoms with Crippen molar-refractivity contribution in [2.45, 2.75) is 57.1 Å². The van der Waals surface area contributed by atoms with E-state index in [4.69, 9.17) is 4.74 Å². The fraction of sp³-hybridized carbons (Fsp3) is 0.737. The van der Waals surface area contributed by atoms with Gasteiger partial charge in [-0.05, 0) is 44.9 Å². The predicted molar refractivity (Wildman–Crippen MR) is 95.3 cm³/mol. The molecule has 0 aromatic carbocycles. The minimum absolute atomic E-state index is 0.296. The first-order valence-electron chi connectivity index (χ1n) is 9.68. The molecule has 1 aromatic rings. The number of ether oxygens (including phenoxy) is 1. The largest absolute Gasteiger partial charge is 0.381 e. The van der Waals surface area contributed by atoms with Gasteiger partial charge in [-0.15, -0.1) is 0 Å². The third-order valence-electron chi connectivity index (χ3n) is 6.43. The fourth-order valence-electron chi connectivity index (χ4n) is 4.94. The summed E-state index contributed by atoms with van der Waals surface area (Å²) >= 11 is 0. The average molecular weight is 362 g/mol. The molecule has 0 N–H and O–H groups in total. The van der Waals surface area contributed by atoms with E-state index in [0.717, 1.165) is 58.0 Å². The standard InChI is InChI=1S/C19H27FN4O2/c1-26-16-5-3-15(4-6-16)24-10-8-19(17(24)25)7-2-9-23(13-19)18-21-11-14(20)12-22-18/h11-12,15-16H,2-10,13H2,1H3/t15-,16-,19-/m1/s1. The van der Waals surface area contributed by atoms with Gasteiger partial charge in [0, 0.05) is 32.8 Å². The maximum atomic E-state index is 13.3. The zero-order valence-corrected chi connectivity index (χ0v) is 15.4. The van der Waals surface area contributed by atoms with Gasteiger partial charge in [0.1, 0.15) is 0 Å². The lowest BCUT2D eigenvalue weighted by Gasteiger charge is -2.40. The number of likely N-dealkylation sites (tertiary alicyclic amines) is 1. The number of hydrogen-bond donors (Lipinski definition) is 0. The van der Waals surface area contributed by atoms with Gasteiger partial charge in [0.2, 0.25) is 11.9 Å². The molecule has 1 saturated carbocycles. The minimum Gasteiger partial charge on any atom is -0.381 e. The highest BCUT2D eigenvalue weighted by atomic mass is 19.1. The molecule has 0 radical (unpaired) electrons. The summed E-state index contributed by atoms with van der Waals surface area (Å²) in [5.74, 6) is 0.387. The Hall–Kier alpha value is -1.76. The van der Waals surface area contributed by atoms with Gasteiger partial charge in [-0.2, -0.15) is 0 Å². The SMILES string of the molecule is CO[C@H]1CC[C@H](N2CC[C@@]3(CCCN(c4ncc(F)cn4)C3)C2=O)CC1. The number of nitrogens with zero attached hydrogens (tertiary/aromatic N) is 4. The molecule has 3 fully saturated rings. The molecule has 0 unspecified atom stereocenters. The van der Waals surface area contributed by atoms with E-state index in [1.165, 1.54) is 12.4 Å². The Labute approximate surface area is 153 Å². The molecule has 1 aromatic heterocycles. The number of rotatable bonds is 3. The molecule has 26 heavy (non-hydrogen) atoms. The zero-order chi connectivity index (χ0) is 18.1. The van der Waals surface area contributed by atoms with Gasteiger partial charge in [-0.1, -0.05) is 0 Å². The van der Waals surface area contributed by atoms with Crippen LogP contribution in [0.1, 0.15) is 44.9 Å². The molecule has 3 aliphatic rings. The van der Waals surface area contributed by atoms with Crippen LogP contribution < -0.4 is 4.90 Å². The van der Waals surface area contributed by atoms with Crippen molar-refractivity contribution in [3.63, 3.8) is 0 Å². The summed E-state index contributed by atoms with van der Waals surface area (Å²) < 4.78 is 18.6. The van der Waals surface area contributed by atoms with Crippen LogP contribution in [0.4, 0.5) is 10.3 Å². The van der Waals surface area contributed by atoms with Crippen LogP contribution in [-0.4, -0.2) is 59.7 Å². The van der Waals surface area contributed by atoms with Crippen LogP contribution in [0, 0.1) is 11.2 Å². The fourth-order valence-corrected chi connectivity index (χ4v) is 4.94. The van der Waals surface area contributed by atoms with E-state index in [1.807, 2.05) is 4.90 Å². The van der Waals surface area contributed by atoms with Gasteiger partial charge in [-0.25, -0.2) is 14.4 Å². The molecule has 2 saturated heterocycles. The van der Waals surface area contributed by atoms with Crippen LogP contribution >= 0.6 is 0 Å². The Morgan fingerprint density at radius 3 is 2.58 bits per heavy atom. The van der Waals surface area contributed by atoms with E-state index in [9.17, 15) is 9.18 Å². The molecule has 1 spiro atoms. The van der Waals surface area contributed by atoms with Crippen molar-refractivity contribution in [1.29, 1.82) is 0 Å². The van der Waals surface area contributed by atoms with Gasteiger partial charge in [0.05, 0.1) is 23.9 Å². The summed E-state index contributed by atoms with van der Waals surface area (Å²) in [4.78, 5) is 25.7. The first kappa shape index (κ1) is 17.6. The highest BCUT2D eigenvalue weighted by Gasteiger charge is 2.51. The topological polar surface area (TPSA) is 58.6 Å². The summed E-state index contributed by atoms with van der Waals surface area (Å²) in [7, 11) is 1.77. The Bertz CT molecular complexity index is 647. The zero-order valence-electron chi connectivity index (χ0n) is 15.4. The maximum absolute atomic E-state index is 13.3. The third kappa shape index (κ3) is 3.17.